The Balaban J connectivity index is 1.09. The maximum absolute atomic E-state index is 13.1. The monoisotopic (exact) mass is 476 g/mol. The second-order valence-electron chi connectivity index (χ2n) is 9.08. The number of piperazine rings is 1. The van der Waals surface area contributed by atoms with Gasteiger partial charge in [-0.1, -0.05) is 11.6 Å². The Morgan fingerprint density at radius 1 is 1.09 bits per heavy atom. The van der Waals surface area contributed by atoms with Crippen LogP contribution in [-0.2, 0) is 11.3 Å². The Morgan fingerprint density at radius 3 is 2.63 bits per heavy atom. The van der Waals surface area contributed by atoms with Crippen molar-refractivity contribution < 1.29 is 9.18 Å². The highest BCUT2D eigenvalue weighted by Crippen LogP contribution is 2.23. The minimum absolute atomic E-state index is 0.112. The summed E-state index contributed by atoms with van der Waals surface area (Å²) in [6.45, 7) is 6.95. The SMILES string of the molecule is Cc1ccc2[nH]c3c(=O)n(CC(=O)NCCCN4CCN(c5ccc(F)cc5)CC4)ncc3c2c1. The molecule has 2 aromatic carbocycles. The number of benzene rings is 2. The highest BCUT2D eigenvalue weighted by atomic mass is 19.1. The fourth-order valence-electron chi connectivity index (χ4n) is 4.65. The van der Waals surface area contributed by atoms with E-state index < -0.39 is 0 Å². The fourth-order valence-corrected chi connectivity index (χ4v) is 4.65. The van der Waals surface area contributed by atoms with Crippen LogP contribution in [0.15, 0.2) is 53.5 Å². The number of rotatable bonds is 7. The average Bonchev–Trinajstić information content (AvgIpc) is 3.23. The van der Waals surface area contributed by atoms with Gasteiger partial charge in [0.05, 0.1) is 6.20 Å². The van der Waals surface area contributed by atoms with E-state index in [1.807, 2.05) is 37.3 Å². The number of aryl methyl sites for hydroxylation is 1. The molecule has 0 spiro atoms. The second-order valence-corrected chi connectivity index (χ2v) is 9.08. The normalized spacial score (nSPS) is 14.6. The predicted molar refractivity (Wildman–Crippen MR) is 135 cm³/mol. The lowest BCUT2D eigenvalue weighted by Gasteiger charge is -2.36. The molecule has 0 radical (unpaired) electrons. The molecular weight excluding hydrogens is 447 g/mol. The van der Waals surface area contributed by atoms with Gasteiger partial charge in [-0.15, -0.1) is 0 Å². The Bertz CT molecular complexity index is 1400. The van der Waals surface area contributed by atoms with Crippen LogP contribution in [0.5, 0.6) is 0 Å². The van der Waals surface area contributed by atoms with Crippen LogP contribution >= 0.6 is 0 Å². The third-order valence-electron chi connectivity index (χ3n) is 6.60. The van der Waals surface area contributed by atoms with Crippen molar-refractivity contribution >= 4 is 33.4 Å². The van der Waals surface area contributed by atoms with E-state index in [4.69, 9.17) is 0 Å². The Morgan fingerprint density at radius 2 is 1.86 bits per heavy atom. The topological polar surface area (TPSA) is 86.3 Å². The molecule has 0 saturated carbocycles. The first-order chi connectivity index (χ1) is 17.0. The number of H-pyrrole nitrogens is 1. The smallest absolute Gasteiger partial charge is 0.291 e. The number of fused-ring (bicyclic) bond motifs is 3. The van der Waals surface area contributed by atoms with Gasteiger partial charge < -0.3 is 15.2 Å². The van der Waals surface area contributed by atoms with Gasteiger partial charge in [-0.3, -0.25) is 14.5 Å². The number of amides is 1. The van der Waals surface area contributed by atoms with Crippen molar-refractivity contribution in [3.63, 3.8) is 0 Å². The largest absolute Gasteiger partial charge is 0.369 e. The molecule has 1 aliphatic heterocycles. The molecule has 1 fully saturated rings. The summed E-state index contributed by atoms with van der Waals surface area (Å²) in [4.78, 5) is 33.1. The molecule has 2 aromatic heterocycles. The van der Waals surface area contributed by atoms with Gasteiger partial charge in [0.25, 0.3) is 5.56 Å². The lowest BCUT2D eigenvalue weighted by atomic mass is 10.1. The minimum atomic E-state index is -0.300. The third-order valence-corrected chi connectivity index (χ3v) is 6.60. The van der Waals surface area contributed by atoms with E-state index in [0.29, 0.717) is 12.1 Å². The van der Waals surface area contributed by atoms with Crippen molar-refractivity contribution in [3.05, 3.63) is 70.4 Å². The summed E-state index contributed by atoms with van der Waals surface area (Å²) in [7, 11) is 0. The summed E-state index contributed by atoms with van der Waals surface area (Å²) in [5.41, 5.74) is 3.20. The number of carbonyl (C=O) groups is 1. The first kappa shape index (κ1) is 23.0. The summed E-state index contributed by atoms with van der Waals surface area (Å²) < 4.78 is 14.3. The van der Waals surface area contributed by atoms with Gasteiger partial charge in [-0.05, 0) is 56.3 Å². The zero-order chi connectivity index (χ0) is 24.4. The Labute approximate surface area is 202 Å². The molecule has 0 aliphatic carbocycles. The summed E-state index contributed by atoms with van der Waals surface area (Å²) >= 11 is 0. The van der Waals surface area contributed by atoms with Crippen LogP contribution in [0.4, 0.5) is 10.1 Å². The molecule has 1 saturated heterocycles. The molecule has 4 aromatic rings. The van der Waals surface area contributed by atoms with Crippen molar-refractivity contribution in [2.75, 3.05) is 44.2 Å². The molecule has 1 aliphatic rings. The molecule has 0 bridgehead atoms. The number of halogens is 1. The Hall–Kier alpha value is -3.72. The molecule has 182 valence electrons. The predicted octanol–water partition coefficient (Wildman–Crippen LogP) is 2.65. The van der Waals surface area contributed by atoms with Crippen LogP contribution in [-0.4, -0.2) is 64.8 Å². The lowest BCUT2D eigenvalue weighted by molar-refractivity contribution is -0.121. The number of nitrogens with zero attached hydrogens (tertiary/aromatic N) is 4. The highest BCUT2D eigenvalue weighted by Gasteiger charge is 2.17. The zero-order valence-electron chi connectivity index (χ0n) is 19.8. The fraction of sp³-hybridized carbons (Fsp3) is 0.346. The quantitative estimate of drug-likeness (QED) is 0.401. The standard InChI is InChI=1S/C26H29FN6O2/c1-18-3-8-23-21(15-18)22-16-29-33(26(35)25(22)30-23)17-24(34)28-9-2-10-31-11-13-32(14-12-31)20-6-4-19(27)5-7-20/h3-8,15-16,30H,2,9-14,17H2,1H3,(H,28,34). The molecule has 0 atom stereocenters. The summed E-state index contributed by atoms with van der Waals surface area (Å²) in [5.74, 6) is -0.449. The van der Waals surface area contributed by atoms with E-state index in [1.165, 1.54) is 16.8 Å². The molecule has 35 heavy (non-hydrogen) atoms. The first-order valence-corrected chi connectivity index (χ1v) is 12.0. The van der Waals surface area contributed by atoms with Crippen molar-refractivity contribution in [1.82, 2.24) is 25.0 Å². The number of aromatic amines is 1. The second kappa shape index (κ2) is 9.87. The van der Waals surface area contributed by atoms with E-state index in [1.54, 1.807) is 6.20 Å². The molecule has 0 unspecified atom stereocenters. The molecule has 8 nitrogen and oxygen atoms in total. The molecular formula is C26H29FN6O2. The zero-order valence-corrected chi connectivity index (χ0v) is 19.8. The van der Waals surface area contributed by atoms with Gasteiger partial charge in [0, 0.05) is 54.7 Å². The minimum Gasteiger partial charge on any atom is -0.369 e. The number of hydrogen-bond acceptors (Lipinski definition) is 5. The van der Waals surface area contributed by atoms with Gasteiger partial charge in [0.15, 0.2) is 0 Å². The first-order valence-electron chi connectivity index (χ1n) is 12.0. The summed E-state index contributed by atoms with van der Waals surface area (Å²) in [5, 5.41) is 8.85. The van der Waals surface area contributed by atoms with Gasteiger partial charge in [0.2, 0.25) is 5.91 Å². The molecule has 5 rings (SSSR count). The van der Waals surface area contributed by atoms with E-state index in [2.05, 4.69) is 25.2 Å². The van der Waals surface area contributed by atoms with Crippen molar-refractivity contribution in [2.24, 2.45) is 0 Å². The number of carbonyl (C=O) groups excluding carboxylic acids is 1. The summed E-state index contributed by atoms with van der Waals surface area (Å²) in [6.07, 6.45) is 2.47. The third kappa shape index (κ3) is 5.05. The van der Waals surface area contributed by atoms with Crippen molar-refractivity contribution in [3.8, 4) is 0 Å². The van der Waals surface area contributed by atoms with E-state index in [-0.39, 0.29) is 23.8 Å². The van der Waals surface area contributed by atoms with Gasteiger partial charge in [-0.2, -0.15) is 5.10 Å². The maximum Gasteiger partial charge on any atom is 0.291 e. The number of nitrogens with one attached hydrogen (secondary N) is 2. The summed E-state index contributed by atoms with van der Waals surface area (Å²) in [6, 6.07) is 12.6. The van der Waals surface area contributed by atoms with Crippen molar-refractivity contribution in [1.29, 1.82) is 0 Å². The van der Waals surface area contributed by atoms with Gasteiger partial charge in [0.1, 0.15) is 17.9 Å². The van der Waals surface area contributed by atoms with Crippen LogP contribution < -0.4 is 15.8 Å². The van der Waals surface area contributed by atoms with Gasteiger partial charge in [-0.25, -0.2) is 9.07 Å². The van der Waals surface area contributed by atoms with E-state index in [9.17, 15) is 14.0 Å². The molecule has 2 N–H and O–H groups in total. The molecule has 9 heteroatoms. The maximum atomic E-state index is 13.1. The Kier molecular flexibility index (Phi) is 6.50. The average molecular weight is 477 g/mol. The van der Waals surface area contributed by atoms with Crippen LogP contribution in [0, 0.1) is 12.7 Å². The van der Waals surface area contributed by atoms with Crippen LogP contribution in [0.2, 0.25) is 0 Å². The van der Waals surface area contributed by atoms with Gasteiger partial charge >= 0.3 is 0 Å². The highest BCUT2D eigenvalue weighted by molar-refractivity contribution is 6.06. The van der Waals surface area contributed by atoms with Crippen molar-refractivity contribution in [2.45, 2.75) is 19.9 Å². The van der Waals surface area contributed by atoms with E-state index >= 15 is 0 Å². The van der Waals surface area contributed by atoms with E-state index in [0.717, 1.165) is 66.7 Å². The molecule has 1 amide bonds. The number of anilines is 1. The lowest BCUT2D eigenvalue weighted by Crippen LogP contribution is -2.47. The molecule has 3 heterocycles. The number of aromatic nitrogens is 3. The van der Waals surface area contributed by atoms with Crippen LogP contribution in [0.25, 0.3) is 21.8 Å². The van der Waals surface area contributed by atoms with Crippen LogP contribution in [0.3, 0.4) is 0 Å². The van der Waals surface area contributed by atoms with Crippen LogP contribution in [0.1, 0.15) is 12.0 Å². The number of hydrogen-bond donors (Lipinski definition) is 2.